The van der Waals surface area contributed by atoms with Gasteiger partial charge in [0, 0.05) is 23.2 Å². The topological polar surface area (TPSA) is 54.0 Å². The normalized spacial score (nSPS) is 19.2. The summed E-state index contributed by atoms with van der Waals surface area (Å²) in [6, 6.07) is 17.7. The first kappa shape index (κ1) is 21.2. The number of anilines is 1. The molecule has 1 aliphatic rings. The van der Waals surface area contributed by atoms with E-state index in [-0.39, 0.29) is 18.0 Å². The first-order valence-electron chi connectivity index (χ1n) is 10.5. The van der Waals surface area contributed by atoms with Crippen molar-refractivity contribution < 1.29 is 18.0 Å². The highest BCUT2D eigenvalue weighted by Crippen LogP contribution is 2.34. The van der Waals surface area contributed by atoms with Gasteiger partial charge in [-0.1, -0.05) is 48.5 Å². The maximum absolute atomic E-state index is 13.3. The Bertz CT molecular complexity index is 1040. The molecule has 1 aliphatic carbocycles. The van der Waals surface area contributed by atoms with Gasteiger partial charge in [0.2, 0.25) is 5.91 Å². The van der Waals surface area contributed by atoms with Crippen LogP contribution in [0, 0.1) is 0 Å². The summed E-state index contributed by atoms with van der Waals surface area (Å²) >= 11 is 0. The van der Waals surface area contributed by atoms with E-state index in [0.29, 0.717) is 23.0 Å². The van der Waals surface area contributed by atoms with Gasteiger partial charge in [-0.05, 0) is 43.4 Å². The van der Waals surface area contributed by atoms with Gasteiger partial charge in [0.15, 0.2) is 0 Å². The molecule has 0 bridgehead atoms. The summed E-state index contributed by atoms with van der Waals surface area (Å²) < 4.78 is 39.8. The lowest BCUT2D eigenvalue weighted by molar-refractivity contribution is -0.140. The number of pyridine rings is 1. The van der Waals surface area contributed by atoms with Crippen LogP contribution in [0.2, 0.25) is 0 Å². The molecule has 162 valence electrons. The van der Waals surface area contributed by atoms with Gasteiger partial charge in [0.1, 0.15) is 5.69 Å². The number of para-hydroxylation sites is 1. The number of benzene rings is 2. The van der Waals surface area contributed by atoms with Crippen LogP contribution in [0.15, 0.2) is 60.7 Å². The van der Waals surface area contributed by atoms with Crippen molar-refractivity contribution in [2.45, 2.75) is 50.4 Å². The molecule has 2 N–H and O–H groups in total. The van der Waals surface area contributed by atoms with Crippen molar-refractivity contribution in [3.63, 3.8) is 0 Å². The Morgan fingerprint density at radius 3 is 2.29 bits per heavy atom. The molecule has 0 atom stereocenters. The number of aromatic nitrogens is 1. The number of carbonyl (C=O) groups is 1. The zero-order valence-electron chi connectivity index (χ0n) is 17.0. The number of rotatable bonds is 5. The number of alkyl halides is 3. The van der Waals surface area contributed by atoms with Gasteiger partial charge in [0.05, 0.1) is 11.9 Å². The lowest BCUT2D eigenvalue weighted by Crippen LogP contribution is -2.40. The van der Waals surface area contributed by atoms with Gasteiger partial charge in [-0.2, -0.15) is 13.2 Å². The van der Waals surface area contributed by atoms with Gasteiger partial charge < -0.3 is 10.6 Å². The summed E-state index contributed by atoms with van der Waals surface area (Å²) in [5.74, 6) is -0.00226. The second kappa shape index (κ2) is 8.96. The van der Waals surface area contributed by atoms with Crippen molar-refractivity contribution in [1.82, 2.24) is 10.3 Å². The van der Waals surface area contributed by atoms with E-state index in [1.165, 1.54) is 0 Å². The molecule has 4 nitrogen and oxygen atoms in total. The molecular weight excluding hydrogens is 403 g/mol. The van der Waals surface area contributed by atoms with E-state index in [1.54, 1.807) is 24.3 Å². The summed E-state index contributed by atoms with van der Waals surface area (Å²) in [6.45, 7) is 0. The zero-order chi connectivity index (χ0) is 21.8. The maximum Gasteiger partial charge on any atom is 0.433 e. The minimum Gasteiger partial charge on any atom is -0.382 e. The molecule has 7 heteroatoms. The first-order valence-corrected chi connectivity index (χ1v) is 10.5. The van der Waals surface area contributed by atoms with Gasteiger partial charge in [0.25, 0.3) is 0 Å². The SMILES string of the molecule is O=C(Cc1ccccc1)NC1CCC(Nc2cc(C(F)(F)F)nc3ccccc23)CC1. The van der Waals surface area contributed by atoms with E-state index in [1.807, 2.05) is 30.3 Å². The molecule has 0 spiro atoms. The summed E-state index contributed by atoms with van der Waals surface area (Å²) in [6.07, 6.45) is -1.04. The van der Waals surface area contributed by atoms with Gasteiger partial charge in [-0.25, -0.2) is 4.98 Å². The zero-order valence-corrected chi connectivity index (χ0v) is 17.0. The molecule has 1 amide bonds. The minimum atomic E-state index is -4.50. The third kappa shape index (κ3) is 5.34. The Labute approximate surface area is 178 Å². The predicted octanol–water partition coefficient (Wildman–Crippen LogP) is 5.34. The third-order valence-electron chi connectivity index (χ3n) is 5.67. The fourth-order valence-electron chi connectivity index (χ4n) is 4.10. The number of nitrogens with zero attached hydrogens (tertiary/aromatic N) is 1. The highest BCUT2D eigenvalue weighted by Gasteiger charge is 2.33. The van der Waals surface area contributed by atoms with Crippen LogP contribution in [-0.4, -0.2) is 23.0 Å². The Hall–Kier alpha value is -3.09. The van der Waals surface area contributed by atoms with Crippen molar-refractivity contribution in [3.8, 4) is 0 Å². The second-order valence-corrected chi connectivity index (χ2v) is 7.99. The Balaban J connectivity index is 1.38. The molecule has 0 radical (unpaired) electrons. The van der Waals surface area contributed by atoms with Crippen molar-refractivity contribution in [2.24, 2.45) is 0 Å². The van der Waals surface area contributed by atoms with Crippen LogP contribution in [-0.2, 0) is 17.4 Å². The maximum atomic E-state index is 13.3. The van der Waals surface area contributed by atoms with Gasteiger partial charge >= 0.3 is 6.18 Å². The number of hydrogen-bond donors (Lipinski definition) is 2. The van der Waals surface area contributed by atoms with Crippen molar-refractivity contribution in [1.29, 1.82) is 0 Å². The highest BCUT2D eigenvalue weighted by molar-refractivity contribution is 5.91. The highest BCUT2D eigenvalue weighted by atomic mass is 19.4. The van der Waals surface area contributed by atoms with E-state index in [4.69, 9.17) is 0 Å². The van der Waals surface area contributed by atoms with Crippen LogP contribution in [0.4, 0.5) is 18.9 Å². The number of nitrogens with one attached hydrogen (secondary N) is 2. The molecule has 0 aliphatic heterocycles. The quantitative estimate of drug-likeness (QED) is 0.578. The molecule has 1 aromatic heterocycles. The van der Waals surface area contributed by atoms with E-state index >= 15 is 0 Å². The van der Waals surface area contributed by atoms with Crippen LogP contribution in [0.1, 0.15) is 36.9 Å². The van der Waals surface area contributed by atoms with Gasteiger partial charge in [-0.15, -0.1) is 0 Å². The largest absolute Gasteiger partial charge is 0.433 e. The molecule has 2 aromatic carbocycles. The number of amides is 1. The fraction of sp³-hybridized carbons (Fsp3) is 0.333. The van der Waals surface area contributed by atoms with Crippen LogP contribution >= 0.6 is 0 Å². The smallest absolute Gasteiger partial charge is 0.382 e. The summed E-state index contributed by atoms with van der Waals surface area (Å²) in [5.41, 5.74) is 0.854. The molecule has 0 saturated heterocycles. The lowest BCUT2D eigenvalue weighted by atomic mass is 9.90. The number of fused-ring (bicyclic) bond motifs is 1. The average molecular weight is 427 g/mol. The van der Waals surface area contributed by atoms with E-state index < -0.39 is 11.9 Å². The molecular formula is C24H24F3N3O. The Kier molecular flexibility index (Phi) is 6.11. The molecule has 31 heavy (non-hydrogen) atoms. The fourth-order valence-corrected chi connectivity index (χ4v) is 4.10. The Morgan fingerprint density at radius 2 is 1.58 bits per heavy atom. The molecule has 3 aromatic rings. The number of carbonyl (C=O) groups excluding carboxylic acids is 1. The van der Waals surface area contributed by atoms with Gasteiger partial charge in [-0.3, -0.25) is 4.79 Å². The van der Waals surface area contributed by atoms with E-state index in [0.717, 1.165) is 37.3 Å². The second-order valence-electron chi connectivity index (χ2n) is 7.99. The summed E-state index contributed by atoms with van der Waals surface area (Å²) in [7, 11) is 0. The molecule has 1 heterocycles. The van der Waals surface area contributed by atoms with E-state index in [2.05, 4.69) is 15.6 Å². The predicted molar refractivity (Wildman–Crippen MR) is 115 cm³/mol. The van der Waals surface area contributed by atoms with Crippen molar-refractivity contribution in [2.75, 3.05) is 5.32 Å². The molecule has 1 fully saturated rings. The number of hydrogen-bond acceptors (Lipinski definition) is 3. The Morgan fingerprint density at radius 1 is 0.935 bits per heavy atom. The molecule has 0 unspecified atom stereocenters. The molecule has 4 rings (SSSR count). The summed E-state index contributed by atoms with van der Waals surface area (Å²) in [5, 5.41) is 7.06. The van der Waals surface area contributed by atoms with E-state index in [9.17, 15) is 18.0 Å². The molecule has 1 saturated carbocycles. The van der Waals surface area contributed by atoms with Crippen LogP contribution in [0.5, 0.6) is 0 Å². The van der Waals surface area contributed by atoms with Crippen LogP contribution in [0.25, 0.3) is 10.9 Å². The van der Waals surface area contributed by atoms with Crippen LogP contribution in [0.3, 0.4) is 0 Å². The average Bonchev–Trinajstić information content (AvgIpc) is 2.75. The minimum absolute atomic E-state index is 0.00226. The number of halogens is 3. The van der Waals surface area contributed by atoms with Crippen LogP contribution < -0.4 is 10.6 Å². The first-order chi connectivity index (χ1) is 14.9. The lowest BCUT2D eigenvalue weighted by Gasteiger charge is -2.30. The van der Waals surface area contributed by atoms with Crippen molar-refractivity contribution in [3.05, 3.63) is 71.9 Å². The monoisotopic (exact) mass is 427 g/mol. The standard InChI is InChI=1S/C24H24F3N3O/c25-24(26,27)22-15-21(19-8-4-5-9-20(19)30-22)28-17-10-12-18(13-11-17)29-23(31)14-16-6-2-1-3-7-16/h1-9,15,17-18H,10-14H2,(H,28,30)(H,29,31). The summed E-state index contributed by atoms with van der Waals surface area (Å²) in [4.78, 5) is 16.1. The third-order valence-corrected chi connectivity index (χ3v) is 5.67. The van der Waals surface area contributed by atoms with Crippen molar-refractivity contribution >= 4 is 22.5 Å².